The molecule has 7 heteroatoms. The first-order valence-electron chi connectivity index (χ1n) is 7.66. The number of amides is 1. The van der Waals surface area contributed by atoms with Crippen molar-refractivity contribution in [2.75, 3.05) is 7.11 Å². The molecule has 7 nitrogen and oxygen atoms in total. The van der Waals surface area contributed by atoms with Crippen molar-refractivity contribution < 1.29 is 29.0 Å². The highest BCUT2D eigenvalue weighted by Gasteiger charge is 2.33. The molecule has 1 fully saturated rings. The van der Waals surface area contributed by atoms with Crippen LogP contribution < -0.4 is 5.32 Å². The third-order valence-corrected chi connectivity index (χ3v) is 4.09. The summed E-state index contributed by atoms with van der Waals surface area (Å²) in [4.78, 5) is 46.9. The number of nitrogens with one attached hydrogen (secondary N) is 1. The van der Waals surface area contributed by atoms with Gasteiger partial charge in [0.1, 0.15) is 11.8 Å². The van der Waals surface area contributed by atoms with E-state index in [4.69, 9.17) is 0 Å². The first-order chi connectivity index (χ1) is 11.4. The Morgan fingerprint density at radius 1 is 1.29 bits per heavy atom. The van der Waals surface area contributed by atoms with E-state index in [0.717, 1.165) is 0 Å². The van der Waals surface area contributed by atoms with Crippen LogP contribution in [-0.4, -0.2) is 41.9 Å². The average Bonchev–Trinajstić information content (AvgIpc) is 2.58. The molecule has 0 unspecified atom stereocenters. The Labute approximate surface area is 139 Å². The van der Waals surface area contributed by atoms with Crippen molar-refractivity contribution in [2.45, 2.75) is 31.7 Å². The van der Waals surface area contributed by atoms with Crippen LogP contribution >= 0.6 is 0 Å². The van der Waals surface area contributed by atoms with Gasteiger partial charge in [0, 0.05) is 18.4 Å². The Balaban J connectivity index is 2.14. The van der Waals surface area contributed by atoms with Crippen LogP contribution in [0.15, 0.2) is 24.3 Å². The number of rotatable bonds is 5. The van der Waals surface area contributed by atoms with Crippen molar-refractivity contribution in [1.29, 1.82) is 0 Å². The van der Waals surface area contributed by atoms with Crippen LogP contribution in [0, 0.1) is 5.92 Å². The number of carboxylic acid groups (broad SMARTS) is 1. The number of esters is 1. The molecule has 0 heterocycles. The van der Waals surface area contributed by atoms with Crippen LogP contribution in [0.1, 0.15) is 46.4 Å². The fraction of sp³-hybridized carbons (Fsp3) is 0.412. The number of hydrogen-bond donors (Lipinski definition) is 2. The number of ether oxygens (including phenoxy) is 1. The maximum absolute atomic E-state index is 12.3. The number of Topliss-reactive ketones (excluding diaryl/α,β-unsaturated/α-hetero) is 1. The van der Waals surface area contributed by atoms with E-state index >= 15 is 0 Å². The van der Waals surface area contributed by atoms with Crippen molar-refractivity contribution in [1.82, 2.24) is 5.32 Å². The quantitative estimate of drug-likeness (QED) is 0.789. The first kappa shape index (κ1) is 17.7. The van der Waals surface area contributed by atoms with E-state index in [-0.39, 0.29) is 23.3 Å². The lowest BCUT2D eigenvalue weighted by atomic mass is 9.83. The van der Waals surface area contributed by atoms with Gasteiger partial charge in [-0.05, 0) is 37.0 Å². The standard InChI is InChI=1S/C17H19NO6/c1-24-17(23)12-6-2-5-11(8-12)15(20)18-14(16(21)22)10-4-3-7-13(19)9-10/h2,5-6,8,10,14H,3-4,7,9H2,1H3,(H,18,20)(H,21,22)/t10-,14-/m0/s1. The fourth-order valence-corrected chi connectivity index (χ4v) is 2.85. The molecule has 2 N–H and O–H groups in total. The topological polar surface area (TPSA) is 110 Å². The van der Waals surface area contributed by atoms with Crippen molar-refractivity contribution in [2.24, 2.45) is 5.92 Å². The zero-order valence-corrected chi connectivity index (χ0v) is 13.3. The van der Waals surface area contributed by atoms with E-state index in [1.165, 1.54) is 31.4 Å². The van der Waals surface area contributed by atoms with Crippen LogP contribution in [-0.2, 0) is 14.3 Å². The fourth-order valence-electron chi connectivity index (χ4n) is 2.85. The minimum Gasteiger partial charge on any atom is -0.480 e. The molecule has 1 saturated carbocycles. The predicted octanol–water partition coefficient (Wildman–Crippen LogP) is 1.42. The van der Waals surface area contributed by atoms with Gasteiger partial charge in [-0.15, -0.1) is 0 Å². The number of benzene rings is 1. The molecule has 2 rings (SSSR count). The molecule has 1 aromatic carbocycles. The summed E-state index contributed by atoms with van der Waals surface area (Å²) in [6, 6.07) is 4.69. The summed E-state index contributed by atoms with van der Waals surface area (Å²) in [5.74, 6) is -2.77. The molecule has 24 heavy (non-hydrogen) atoms. The number of methoxy groups -OCH3 is 1. The second-order valence-electron chi connectivity index (χ2n) is 5.76. The SMILES string of the molecule is COC(=O)c1cccc(C(=O)N[C@H](C(=O)O)[C@H]2CCCC(=O)C2)c1. The Morgan fingerprint density at radius 3 is 2.62 bits per heavy atom. The third kappa shape index (κ3) is 4.18. The molecule has 0 aliphatic heterocycles. The Kier molecular flexibility index (Phi) is 5.68. The largest absolute Gasteiger partial charge is 0.480 e. The number of ketones is 1. The summed E-state index contributed by atoms with van der Waals surface area (Å²) in [7, 11) is 1.23. The molecule has 0 aromatic heterocycles. The van der Waals surface area contributed by atoms with Crippen LogP contribution in [0.5, 0.6) is 0 Å². The van der Waals surface area contributed by atoms with Crippen LogP contribution in [0.3, 0.4) is 0 Å². The molecular formula is C17H19NO6. The number of carbonyl (C=O) groups excluding carboxylic acids is 3. The van der Waals surface area contributed by atoms with E-state index in [9.17, 15) is 24.3 Å². The highest BCUT2D eigenvalue weighted by molar-refractivity contribution is 5.99. The number of hydrogen-bond acceptors (Lipinski definition) is 5. The molecule has 1 aliphatic carbocycles. The molecule has 1 aliphatic rings. The van der Waals surface area contributed by atoms with Crippen LogP contribution in [0.2, 0.25) is 0 Å². The maximum atomic E-state index is 12.3. The van der Waals surface area contributed by atoms with E-state index in [0.29, 0.717) is 19.3 Å². The van der Waals surface area contributed by atoms with Gasteiger partial charge in [0.25, 0.3) is 5.91 Å². The average molecular weight is 333 g/mol. The molecule has 0 bridgehead atoms. The molecule has 128 valence electrons. The second kappa shape index (κ2) is 7.72. The number of aliphatic carboxylic acids is 1. The highest BCUT2D eigenvalue weighted by atomic mass is 16.5. The molecule has 0 spiro atoms. The van der Waals surface area contributed by atoms with Gasteiger partial charge in [-0.25, -0.2) is 9.59 Å². The Morgan fingerprint density at radius 2 is 2.00 bits per heavy atom. The highest BCUT2D eigenvalue weighted by Crippen LogP contribution is 2.25. The zero-order chi connectivity index (χ0) is 17.7. The molecule has 2 atom stereocenters. The normalized spacial score (nSPS) is 18.5. The molecular weight excluding hydrogens is 314 g/mol. The zero-order valence-electron chi connectivity index (χ0n) is 13.3. The van der Waals surface area contributed by atoms with Gasteiger partial charge in [-0.1, -0.05) is 6.07 Å². The number of carbonyl (C=O) groups is 4. The van der Waals surface area contributed by atoms with E-state index in [1.807, 2.05) is 0 Å². The smallest absolute Gasteiger partial charge is 0.337 e. The van der Waals surface area contributed by atoms with Crippen molar-refractivity contribution in [3.63, 3.8) is 0 Å². The van der Waals surface area contributed by atoms with Gasteiger partial charge in [0.2, 0.25) is 0 Å². The summed E-state index contributed by atoms with van der Waals surface area (Å²) < 4.78 is 4.60. The minimum atomic E-state index is -1.17. The molecule has 0 saturated heterocycles. The Bertz CT molecular complexity index is 669. The molecule has 0 radical (unpaired) electrons. The van der Waals surface area contributed by atoms with Gasteiger partial charge in [0.05, 0.1) is 12.7 Å². The summed E-state index contributed by atoms with van der Waals surface area (Å²) in [5.41, 5.74) is 0.358. The second-order valence-corrected chi connectivity index (χ2v) is 5.76. The van der Waals surface area contributed by atoms with Crippen LogP contribution in [0.4, 0.5) is 0 Å². The van der Waals surface area contributed by atoms with E-state index in [2.05, 4.69) is 10.1 Å². The predicted molar refractivity (Wildman–Crippen MR) is 83.6 cm³/mol. The van der Waals surface area contributed by atoms with Gasteiger partial charge in [0.15, 0.2) is 0 Å². The van der Waals surface area contributed by atoms with Gasteiger partial charge in [-0.2, -0.15) is 0 Å². The summed E-state index contributed by atoms with van der Waals surface area (Å²) in [5, 5.41) is 11.9. The lowest BCUT2D eigenvalue weighted by Crippen LogP contribution is -2.47. The van der Waals surface area contributed by atoms with Crippen molar-refractivity contribution in [3.05, 3.63) is 35.4 Å². The van der Waals surface area contributed by atoms with Gasteiger partial charge >= 0.3 is 11.9 Å². The van der Waals surface area contributed by atoms with Crippen molar-refractivity contribution >= 4 is 23.6 Å². The lowest BCUT2D eigenvalue weighted by Gasteiger charge is -2.27. The van der Waals surface area contributed by atoms with E-state index in [1.54, 1.807) is 0 Å². The minimum absolute atomic E-state index is 0.0134. The number of carboxylic acids is 1. The summed E-state index contributed by atoms with van der Waals surface area (Å²) >= 11 is 0. The maximum Gasteiger partial charge on any atom is 0.337 e. The summed E-state index contributed by atoms with van der Waals surface area (Å²) in [6.45, 7) is 0. The first-order valence-corrected chi connectivity index (χ1v) is 7.66. The molecule has 1 aromatic rings. The summed E-state index contributed by atoms with van der Waals surface area (Å²) in [6.07, 6.45) is 1.81. The Hall–Kier alpha value is -2.70. The van der Waals surface area contributed by atoms with Gasteiger partial charge in [-0.3, -0.25) is 9.59 Å². The third-order valence-electron chi connectivity index (χ3n) is 4.09. The van der Waals surface area contributed by atoms with Crippen LogP contribution in [0.25, 0.3) is 0 Å². The van der Waals surface area contributed by atoms with Gasteiger partial charge < -0.3 is 15.2 Å². The van der Waals surface area contributed by atoms with Crippen molar-refractivity contribution in [3.8, 4) is 0 Å². The monoisotopic (exact) mass is 333 g/mol. The molecule has 1 amide bonds. The lowest BCUT2D eigenvalue weighted by molar-refractivity contribution is -0.141. The van der Waals surface area contributed by atoms with E-state index < -0.39 is 29.8 Å².